The van der Waals surface area contributed by atoms with Crippen molar-refractivity contribution in [2.45, 2.75) is 20.8 Å². The van der Waals surface area contributed by atoms with Crippen molar-refractivity contribution < 1.29 is 14.3 Å². The summed E-state index contributed by atoms with van der Waals surface area (Å²) in [5.41, 5.74) is 2.03. The number of hydrogen-bond acceptors (Lipinski definition) is 4. The number of nitrogens with one attached hydrogen (secondary N) is 1. The largest absolute Gasteiger partial charge is 0.490 e. The first-order valence-electron chi connectivity index (χ1n) is 7.27. The number of nitrogens with zero attached hydrogens (tertiary/aromatic N) is 1. The maximum atomic E-state index is 12.2. The van der Waals surface area contributed by atoms with Gasteiger partial charge in [0, 0.05) is 29.2 Å². The fraction of sp³-hybridized carbons (Fsp3) is 0.294. The zero-order chi connectivity index (χ0) is 15.9. The summed E-state index contributed by atoms with van der Waals surface area (Å²) in [7, 11) is 0. The molecule has 0 atom stereocenters. The molecule has 0 spiro atoms. The van der Waals surface area contributed by atoms with Crippen LogP contribution < -0.4 is 14.8 Å². The average Bonchev–Trinajstić information content (AvgIpc) is 2.50. The van der Waals surface area contributed by atoms with Gasteiger partial charge in [-0.15, -0.1) is 0 Å². The number of ether oxygens (including phenoxy) is 2. The number of carbonyl (C=O) groups is 1. The van der Waals surface area contributed by atoms with E-state index in [0.717, 1.165) is 5.69 Å². The van der Waals surface area contributed by atoms with Crippen molar-refractivity contribution in [3.8, 4) is 11.5 Å². The molecule has 0 unspecified atom stereocenters. The lowest BCUT2D eigenvalue weighted by atomic mass is 10.2. The number of hydrogen-bond donors (Lipinski definition) is 1. The van der Waals surface area contributed by atoms with Gasteiger partial charge >= 0.3 is 0 Å². The van der Waals surface area contributed by atoms with Gasteiger partial charge in [-0.3, -0.25) is 9.78 Å². The van der Waals surface area contributed by atoms with E-state index in [1.54, 1.807) is 36.5 Å². The van der Waals surface area contributed by atoms with Gasteiger partial charge in [0.1, 0.15) is 0 Å². The Bertz CT molecular complexity index is 656. The molecule has 1 aromatic heterocycles. The maximum absolute atomic E-state index is 12.2. The Hall–Kier alpha value is -2.56. The Balaban J connectivity index is 2.18. The van der Waals surface area contributed by atoms with Crippen LogP contribution in [-0.4, -0.2) is 24.1 Å². The molecule has 1 aromatic carbocycles. The normalized spacial score (nSPS) is 10.1. The summed E-state index contributed by atoms with van der Waals surface area (Å²) in [6.07, 6.45) is 1.62. The minimum Gasteiger partial charge on any atom is -0.490 e. The number of pyridine rings is 1. The van der Waals surface area contributed by atoms with Gasteiger partial charge in [-0.25, -0.2) is 0 Å². The van der Waals surface area contributed by atoms with Crippen LogP contribution in [-0.2, 0) is 0 Å². The first-order chi connectivity index (χ1) is 10.6. The Morgan fingerprint density at radius 1 is 1.09 bits per heavy atom. The molecule has 2 rings (SSSR count). The van der Waals surface area contributed by atoms with Crippen molar-refractivity contribution in [1.29, 1.82) is 0 Å². The lowest BCUT2D eigenvalue weighted by Crippen LogP contribution is -2.12. The van der Waals surface area contributed by atoms with Crippen LogP contribution in [0.25, 0.3) is 0 Å². The second kappa shape index (κ2) is 7.45. The summed E-state index contributed by atoms with van der Waals surface area (Å²) < 4.78 is 11.1. The van der Waals surface area contributed by atoms with E-state index < -0.39 is 0 Å². The van der Waals surface area contributed by atoms with Crippen LogP contribution in [0.3, 0.4) is 0 Å². The van der Waals surface area contributed by atoms with Gasteiger partial charge in [0.15, 0.2) is 11.5 Å². The quantitative estimate of drug-likeness (QED) is 0.887. The van der Waals surface area contributed by atoms with E-state index in [0.29, 0.717) is 36.0 Å². The molecule has 116 valence electrons. The second-order valence-electron chi connectivity index (χ2n) is 4.67. The van der Waals surface area contributed by atoms with E-state index in [1.807, 2.05) is 20.8 Å². The van der Waals surface area contributed by atoms with Gasteiger partial charge in [-0.05, 0) is 45.0 Å². The zero-order valence-corrected chi connectivity index (χ0v) is 13.1. The van der Waals surface area contributed by atoms with Crippen molar-refractivity contribution in [3.63, 3.8) is 0 Å². The monoisotopic (exact) mass is 300 g/mol. The van der Waals surface area contributed by atoms with E-state index in [9.17, 15) is 4.79 Å². The summed E-state index contributed by atoms with van der Waals surface area (Å²) in [5.74, 6) is 1.10. The molecule has 0 aliphatic carbocycles. The van der Waals surface area contributed by atoms with Crippen LogP contribution in [0.15, 0.2) is 36.5 Å². The molecule has 0 aliphatic rings. The molecule has 22 heavy (non-hydrogen) atoms. The molecule has 0 radical (unpaired) electrons. The number of amides is 1. The van der Waals surface area contributed by atoms with Gasteiger partial charge < -0.3 is 14.8 Å². The van der Waals surface area contributed by atoms with E-state index in [2.05, 4.69) is 10.3 Å². The Labute approximate surface area is 130 Å². The molecular weight excluding hydrogens is 280 g/mol. The van der Waals surface area contributed by atoms with E-state index in [1.165, 1.54) is 0 Å². The Morgan fingerprint density at radius 3 is 2.50 bits per heavy atom. The van der Waals surface area contributed by atoms with Gasteiger partial charge in [0.25, 0.3) is 5.91 Å². The maximum Gasteiger partial charge on any atom is 0.255 e. The number of rotatable bonds is 6. The molecule has 5 nitrogen and oxygen atoms in total. The minimum absolute atomic E-state index is 0.183. The molecule has 1 heterocycles. The summed E-state index contributed by atoms with van der Waals surface area (Å²) >= 11 is 0. The first kappa shape index (κ1) is 15.8. The number of anilines is 1. The highest BCUT2D eigenvalue weighted by Gasteiger charge is 2.10. The van der Waals surface area contributed by atoms with Crippen LogP contribution in [0.1, 0.15) is 29.9 Å². The fourth-order valence-electron chi connectivity index (χ4n) is 2.02. The van der Waals surface area contributed by atoms with Gasteiger partial charge in [0.2, 0.25) is 0 Å². The topological polar surface area (TPSA) is 60.5 Å². The first-order valence-corrected chi connectivity index (χ1v) is 7.27. The molecule has 0 saturated carbocycles. The molecule has 1 N–H and O–H groups in total. The zero-order valence-electron chi connectivity index (χ0n) is 13.1. The van der Waals surface area contributed by atoms with Crippen LogP contribution in [0.2, 0.25) is 0 Å². The summed E-state index contributed by atoms with van der Waals surface area (Å²) in [5, 5.41) is 2.85. The molecule has 5 heteroatoms. The smallest absolute Gasteiger partial charge is 0.255 e. The Kier molecular flexibility index (Phi) is 5.36. The Morgan fingerprint density at radius 2 is 1.82 bits per heavy atom. The van der Waals surface area contributed by atoms with Crippen molar-refractivity contribution in [1.82, 2.24) is 4.98 Å². The standard InChI is InChI=1S/C17H20N2O3/c1-4-21-15-7-6-14(11-16(15)22-5-2)19-17(20)13-8-9-18-12(3)10-13/h6-11H,4-5H2,1-3H3,(H,19,20). The van der Waals surface area contributed by atoms with E-state index in [4.69, 9.17) is 9.47 Å². The second-order valence-corrected chi connectivity index (χ2v) is 4.67. The molecule has 0 bridgehead atoms. The highest BCUT2D eigenvalue weighted by Crippen LogP contribution is 2.30. The highest BCUT2D eigenvalue weighted by molar-refractivity contribution is 6.04. The highest BCUT2D eigenvalue weighted by atomic mass is 16.5. The number of aromatic nitrogens is 1. The minimum atomic E-state index is -0.183. The fourth-order valence-corrected chi connectivity index (χ4v) is 2.02. The van der Waals surface area contributed by atoms with Gasteiger partial charge in [-0.1, -0.05) is 0 Å². The van der Waals surface area contributed by atoms with Gasteiger partial charge in [0.05, 0.1) is 13.2 Å². The third-order valence-electron chi connectivity index (χ3n) is 2.96. The average molecular weight is 300 g/mol. The van der Waals surface area contributed by atoms with Crippen molar-refractivity contribution >= 4 is 11.6 Å². The van der Waals surface area contributed by atoms with Crippen LogP contribution in [0, 0.1) is 6.92 Å². The molecule has 0 saturated heterocycles. The summed E-state index contributed by atoms with van der Waals surface area (Å²) in [4.78, 5) is 16.3. The third kappa shape index (κ3) is 3.97. The van der Waals surface area contributed by atoms with Crippen molar-refractivity contribution in [3.05, 3.63) is 47.8 Å². The van der Waals surface area contributed by atoms with Crippen LogP contribution in [0.4, 0.5) is 5.69 Å². The van der Waals surface area contributed by atoms with Crippen LogP contribution >= 0.6 is 0 Å². The van der Waals surface area contributed by atoms with Crippen LogP contribution in [0.5, 0.6) is 11.5 Å². The van der Waals surface area contributed by atoms with Gasteiger partial charge in [-0.2, -0.15) is 0 Å². The SMILES string of the molecule is CCOc1ccc(NC(=O)c2ccnc(C)c2)cc1OCC. The predicted octanol–water partition coefficient (Wildman–Crippen LogP) is 3.44. The molecule has 2 aromatic rings. The number of benzene rings is 1. The summed E-state index contributed by atoms with van der Waals surface area (Å²) in [6.45, 7) is 6.75. The van der Waals surface area contributed by atoms with E-state index >= 15 is 0 Å². The third-order valence-corrected chi connectivity index (χ3v) is 2.96. The molecule has 1 amide bonds. The number of aryl methyl sites for hydroxylation is 1. The molecule has 0 aliphatic heterocycles. The lowest BCUT2D eigenvalue weighted by Gasteiger charge is -2.13. The number of carbonyl (C=O) groups excluding carboxylic acids is 1. The summed E-state index contributed by atoms with van der Waals surface area (Å²) in [6, 6.07) is 8.77. The predicted molar refractivity (Wildman–Crippen MR) is 85.7 cm³/mol. The van der Waals surface area contributed by atoms with Crippen molar-refractivity contribution in [2.75, 3.05) is 18.5 Å². The van der Waals surface area contributed by atoms with E-state index in [-0.39, 0.29) is 5.91 Å². The lowest BCUT2D eigenvalue weighted by molar-refractivity contribution is 0.102. The molecule has 0 fully saturated rings. The molecular formula is C17H20N2O3. The van der Waals surface area contributed by atoms with Crippen molar-refractivity contribution in [2.24, 2.45) is 0 Å².